The zero-order valence-corrected chi connectivity index (χ0v) is 12.3. The lowest BCUT2D eigenvalue weighted by molar-refractivity contribution is -0.116. The van der Waals surface area contributed by atoms with Gasteiger partial charge in [-0.25, -0.2) is 9.37 Å². The summed E-state index contributed by atoms with van der Waals surface area (Å²) in [5.41, 5.74) is -0.0234. The minimum Gasteiger partial charge on any atom is -0.325 e. The predicted molar refractivity (Wildman–Crippen MR) is 76.2 cm³/mol. The number of carbonyl (C=O) groups excluding carboxylic acids is 1. The van der Waals surface area contributed by atoms with Crippen molar-refractivity contribution < 1.29 is 9.18 Å². The summed E-state index contributed by atoms with van der Waals surface area (Å²) in [5, 5.41) is 2.57. The topological polar surface area (TPSA) is 64.0 Å². The number of rotatable bonds is 3. The van der Waals surface area contributed by atoms with Crippen LogP contribution in [0.15, 0.2) is 39.9 Å². The fraction of sp³-hybridized carbons (Fsp3) is 0.0833. The average molecular weight is 361 g/mol. The molecule has 0 aliphatic rings. The van der Waals surface area contributed by atoms with E-state index >= 15 is 0 Å². The van der Waals surface area contributed by atoms with E-state index in [1.807, 2.05) is 0 Å². The third kappa shape index (κ3) is 3.43. The van der Waals surface area contributed by atoms with Crippen LogP contribution in [0.1, 0.15) is 0 Å². The first-order valence-electron chi connectivity index (χ1n) is 5.43. The Labute approximate surface area is 126 Å². The first-order chi connectivity index (χ1) is 9.47. The van der Waals surface area contributed by atoms with Crippen LogP contribution in [0.4, 0.5) is 10.1 Å². The van der Waals surface area contributed by atoms with Crippen molar-refractivity contribution in [1.82, 2.24) is 9.55 Å². The second-order valence-corrected chi connectivity index (χ2v) is 4.99. The third-order valence-corrected chi connectivity index (χ3v) is 3.61. The first kappa shape index (κ1) is 14.7. The molecule has 2 aromatic rings. The highest BCUT2D eigenvalue weighted by molar-refractivity contribution is 9.10. The molecule has 1 aromatic heterocycles. The van der Waals surface area contributed by atoms with E-state index in [4.69, 9.17) is 11.6 Å². The quantitative estimate of drug-likeness (QED) is 0.855. The second-order valence-electron chi connectivity index (χ2n) is 3.84. The summed E-state index contributed by atoms with van der Waals surface area (Å²) in [7, 11) is 0. The van der Waals surface area contributed by atoms with Crippen LogP contribution in [0.25, 0.3) is 0 Å². The van der Waals surface area contributed by atoms with Crippen molar-refractivity contribution in [2.75, 3.05) is 5.32 Å². The van der Waals surface area contributed by atoms with E-state index < -0.39 is 17.3 Å². The Morgan fingerprint density at radius 2 is 2.05 bits per heavy atom. The average Bonchev–Trinajstić information content (AvgIpc) is 2.42. The summed E-state index contributed by atoms with van der Waals surface area (Å²) in [6.45, 7) is -0.223. The van der Waals surface area contributed by atoms with Crippen molar-refractivity contribution >= 4 is 39.1 Å². The molecule has 0 bridgehead atoms. The lowest BCUT2D eigenvalue weighted by atomic mass is 10.3. The van der Waals surface area contributed by atoms with Gasteiger partial charge in [0.05, 0.1) is 6.33 Å². The van der Waals surface area contributed by atoms with Crippen molar-refractivity contribution in [2.45, 2.75) is 6.54 Å². The maximum atomic E-state index is 12.7. The molecule has 2 rings (SSSR count). The number of benzene rings is 1. The van der Waals surface area contributed by atoms with Crippen molar-refractivity contribution in [3.05, 3.63) is 56.4 Å². The van der Waals surface area contributed by atoms with Gasteiger partial charge in [-0.15, -0.1) is 0 Å². The van der Waals surface area contributed by atoms with E-state index in [1.165, 1.54) is 30.6 Å². The monoisotopic (exact) mass is 359 g/mol. The van der Waals surface area contributed by atoms with Crippen molar-refractivity contribution in [2.24, 2.45) is 0 Å². The highest BCUT2D eigenvalue weighted by Gasteiger charge is 2.10. The standard InChI is InChI=1S/C12H8BrClFN3O2/c13-10-11(14)16-6-18(12(10)20)5-9(19)17-8-3-1-7(15)2-4-8/h1-4,6H,5H2,(H,17,19). The van der Waals surface area contributed by atoms with Gasteiger partial charge in [0.2, 0.25) is 5.91 Å². The molecule has 104 valence electrons. The summed E-state index contributed by atoms with van der Waals surface area (Å²) >= 11 is 8.65. The number of halogens is 3. The number of amides is 1. The summed E-state index contributed by atoms with van der Waals surface area (Å²) < 4.78 is 13.9. The zero-order chi connectivity index (χ0) is 14.7. The normalized spacial score (nSPS) is 10.3. The van der Waals surface area contributed by atoms with Gasteiger partial charge in [-0.1, -0.05) is 11.6 Å². The van der Waals surface area contributed by atoms with E-state index in [0.29, 0.717) is 5.69 Å². The van der Waals surface area contributed by atoms with Crippen LogP contribution < -0.4 is 10.9 Å². The van der Waals surface area contributed by atoms with Gasteiger partial charge in [-0.3, -0.25) is 14.2 Å². The Morgan fingerprint density at radius 1 is 1.40 bits per heavy atom. The first-order valence-corrected chi connectivity index (χ1v) is 6.60. The van der Waals surface area contributed by atoms with Crippen LogP contribution in [0.2, 0.25) is 5.15 Å². The van der Waals surface area contributed by atoms with Gasteiger partial charge in [0.1, 0.15) is 16.8 Å². The minimum absolute atomic E-state index is 0.0326. The Balaban J connectivity index is 2.11. The van der Waals surface area contributed by atoms with Crippen LogP contribution in [-0.2, 0) is 11.3 Å². The maximum Gasteiger partial charge on any atom is 0.269 e. The molecule has 20 heavy (non-hydrogen) atoms. The number of aromatic nitrogens is 2. The van der Waals surface area contributed by atoms with Crippen LogP contribution in [-0.4, -0.2) is 15.5 Å². The number of anilines is 1. The number of nitrogens with one attached hydrogen (secondary N) is 1. The minimum atomic E-state index is -0.459. The summed E-state index contributed by atoms with van der Waals surface area (Å²) in [6, 6.07) is 5.29. The summed E-state index contributed by atoms with van der Waals surface area (Å²) in [5.74, 6) is -0.834. The molecule has 0 saturated carbocycles. The fourth-order valence-electron chi connectivity index (χ4n) is 1.44. The molecule has 0 saturated heterocycles. The fourth-order valence-corrected chi connectivity index (χ4v) is 1.90. The van der Waals surface area contributed by atoms with Crippen LogP contribution >= 0.6 is 27.5 Å². The molecular formula is C12H8BrClFN3O2. The van der Waals surface area contributed by atoms with Crippen LogP contribution in [0, 0.1) is 5.82 Å². The van der Waals surface area contributed by atoms with E-state index in [2.05, 4.69) is 26.2 Å². The van der Waals surface area contributed by atoms with Crippen molar-refractivity contribution in [3.63, 3.8) is 0 Å². The smallest absolute Gasteiger partial charge is 0.269 e. The number of nitrogens with zero attached hydrogens (tertiary/aromatic N) is 2. The van der Waals surface area contributed by atoms with Crippen LogP contribution in [0.3, 0.4) is 0 Å². The molecule has 0 unspecified atom stereocenters. The maximum absolute atomic E-state index is 12.7. The molecule has 0 spiro atoms. The molecule has 1 amide bonds. The molecule has 0 fully saturated rings. The number of carbonyl (C=O) groups is 1. The number of hydrogen-bond acceptors (Lipinski definition) is 3. The molecular weight excluding hydrogens is 353 g/mol. The van der Waals surface area contributed by atoms with Gasteiger partial charge < -0.3 is 5.32 Å². The van der Waals surface area contributed by atoms with Crippen LogP contribution in [0.5, 0.6) is 0 Å². The Bertz CT molecular complexity index is 703. The Hall–Kier alpha value is -1.73. The second kappa shape index (κ2) is 6.15. The van der Waals surface area contributed by atoms with Gasteiger partial charge in [0, 0.05) is 5.69 Å². The molecule has 0 aliphatic heterocycles. The molecule has 0 aliphatic carbocycles. The molecule has 8 heteroatoms. The number of hydrogen-bond donors (Lipinski definition) is 1. The Kier molecular flexibility index (Phi) is 4.51. The highest BCUT2D eigenvalue weighted by atomic mass is 79.9. The SMILES string of the molecule is O=C(Cn1cnc(Cl)c(Br)c1=O)Nc1ccc(F)cc1. The van der Waals surface area contributed by atoms with Gasteiger partial charge in [-0.05, 0) is 40.2 Å². The van der Waals surface area contributed by atoms with Gasteiger partial charge in [0.15, 0.2) is 5.15 Å². The van der Waals surface area contributed by atoms with E-state index in [0.717, 1.165) is 4.57 Å². The molecule has 1 N–H and O–H groups in total. The molecule has 0 atom stereocenters. The van der Waals surface area contributed by atoms with E-state index in [9.17, 15) is 14.0 Å². The molecule has 5 nitrogen and oxygen atoms in total. The zero-order valence-electron chi connectivity index (χ0n) is 9.94. The van der Waals surface area contributed by atoms with Gasteiger partial charge in [0.25, 0.3) is 5.56 Å². The molecule has 0 radical (unpaired) electrons. The lowest BCUT2D eigenvalue weighted by Crippen LogP contribution is -2.28. The third-order valence-electron chi connectivity index (χ3n) is 2.38. The summed E-state index contributed by atoms with van der Waals surface area (Å²) in [4.78, 5) is 27.3. The molecule has 1 aromatic carbocycles. The largest absolute Gasteiger partial charge is 0.325 e. The van der Waals surface area contributed by atoms with Gasteiger partial charge in [-0.2, -0.15) is 0 Å². The predicted octanol–water partition coefficient (Wildman–Crippen LogP) is 2.44. The highest BCUT2D eigenvalue weighted by Crippen LogP contribution is 2.13. The van der Waals surface area contributed by atoms with Crippen molar-refractivity contribution in [1.29, 1.82) is 0 Å². The Morgan fingerprint density at radius 3 is 2.70 bits per heavy atom. The van der Waals surface area contributed by atoms with Crippen molar-refractivity contribution in [3.8, 4) is 0 Å². The lowest BCUT2D eigenvalue weighted by Gasteiger charge is -2.07. The van der Waals surface area contributed by atoms with E-state index in [-0.39, 0.29) is 16.2 Å². The van der Waals surface area contributed by atoms with Gasteiger partial charge >= 0.3 is 0 Å². The summed E-state index contributed by atoms with van der Waals surface area (Å²) in [6.07, 6.45) is 1.18. The van der Waals surface area contributed by atoms with E-state index in [1.54, 1.807) is 0 Å². The molecule has 1 heterocycles.